The van der Waals surface area contributed by atoms with E-state index in [2.05, 4.69) is 51.3 Å². The van der Waals surface area contributed by atoms with E-state index in [0.717, 1.165) is 11.8 Å². The summed E-state index contributed by atoms with van der Waals surface area (Å²) in [6.45, 7) is 6.91. The highest BCUT2D eigenvalue weighted by Crippen LogP contribution is 2.32. The molecule has 1 saturated carbocycles. The van der Waals surface area contributed by atoms with E-state index in [9.17, 15) is 0 Å². The lowest BCUT2D eigenvalue weighted by molar-refractivity contribution is 0.220. The average Bonchev–Trinajstić information content (AvgIpc) is 2.34. The van der Waals surface area contributed by atoms with Crippen LogP contribution in [0.5, 0.6) is 0 Å². The fourth-order valence-corrected chi connectivity index (χ4v) is 3.54. The van der Waals surface area contributed by atoms with Crippen LogP contribution >= 0.6 is 0 Å². The van der Waals surface area contributed by atoms with Gasteiger partial charge in [-0.15, -0.1) is 0 Å². The number of hydrogen-bond acceptors (Lipinski definition) is 1. The molecule has 100 valence electrons. The molecule has 0 heterocycles. The molecule has 1 fully saturated rings. The summed E-state index contributed by atoms with van der Waals surface area (Å²) in [5, 5.41) is 3.53. The molecular weight excluding hydrogens is 218 g/mol. The third-order valence-corrected chi connectivity index (χ3v) is 4.73. The number of rotatable bonds is 3. The maximum Gasteiger partial charge on any atom is 0.00957 e. The first kappa shape index (κ1) is 13.6. The molecule has 3 atom stereocenters. The summed E-state index contributed by atoms with van der Waals surface area (Å²) in [7, 11) is 2.12. The van der Waals surface area contributed by atoms with Gasteiger partial charge < -0.3 is 5.32 Å². The normalized spacial score (nSPS) is 28.3. The zero-order valence-electron chi connectivity index (χ0n) is 12.3. The quantitative estimate of drug-likeness (QED) is 0.852. The monoisotopic (exact) mass is 245 g/mol. The molecule has 1 N–H and O–H groups in total. The Balaban J connectivity index is 2.15. The van der Waals surface area contributed by atoms with Crippen molar-refractivity contribution in [3.05, 3.63) is 34.9 Å². The van der Waals surface area contributed by atoms with Crippen LogP contribution in [0.4, 0.5) is 0 Å². The lowest BCUT2D eigenvalue weighted by atomic mass is 9.75. The van der Waals surface area contributed by atoms with Gasteiger partial charge in [-0.05, 0) is 75.1 Å². The van der Waals surface area contributed by atoms with E-state index in [0.29, 0.717) is 6.04 Å². The molecule has 0 aliphatic heterocycles. The van der Waals surface area contributed by atoms with Crippen molar-refractivity contribution in [2.24, 2.45) is 11.8 Å². The van der Waals surface area contributed by atoms with Gasteiger partial charge in [0.1, 0.15) is 0 Å². The van der Waals surface area contributed by atoms with Crippen LogP contribution in [-0.4, -0.2) is 13.1 Å². The van der Waals surface area contributed by atoms with Crippen LogP contribution in [0.25, 0.3) is 0 Å². The molecule has 0 bridgehead atoms. The van der Waals surface area contributed by atoms with Crippen LogP contribution in [-0.2, 0) is 6.42 Å². The Bertz CT molecular complexity index is 376. The highest BCUT2D eigenvalue weighted by atomic mass is 14.9. The number of hydrogen-bond donors (Lipinski definition) is 1. The first-order chi connectivity index (χ1) is 8.61. The molecule has 1 aliphatic carbocycles. The van der Waals surface area contributed by atoms with E-state index in [1.807, 2.05) is 0 Å². The fourth-order valence-electron chi connectivity index (χ4n) is 3.54. The first-order valence-electron chi connectivity index (χ1n) is 7.34. The second-order valence-electron chi connectivity index (χ2n) is 6.15. The van der Waals surface area contributed by atoms with Gasteiger partial charge in [-0.3, -0.25) is 0 Å². The molecular formula is C17H27N. The molecule has 1 heteroatoms. The second-order valence-corrected chi connectivity index (χ2v) is 6.15. The summed E-state index contributed by atoms with van der Waals surface area (Å²) < 4.78 is 0. The van der Waals surface area contributed by atoms with Crippen LogP contribution in [0.3, 0.4) is 0 Å². The predicted octanol–water partition coefficient (Wildman–Crippen LogP) is 3.87. The van der Waals surface area contributed by atoms with Crippen LogP contribution in [0.1, 0.15) is 42.9 Å². The van der Waals surface area contributed by atoms with E-state index in [1.165, 1.54) is 36.8 Å². The van der Waals surface area contributed by atoms with E-state index < -0.39 is 0 Å². The van der Waals surface area contributed by atoms with Gasteiger partial charge >= 0.3 is 0 Å². The topological polar surface area (TPSA) is 12.0 Å². The summed E-state index contributed by atoms with van der Waals surface area (Å²) in [6.07, 6.45) is 5.34. The molecule has 0 spiro atoms. The van der Waals surface area contributed by atoms with Crippen molar-refractivity contribution in [2.75, 3.05) is 7.05 Å². The van der Waals surface area contributed by atoms with Crippen molar-refractivity contribution in [3.8, 4) is 0 Å². The maximum absolute atomic E-state index is 3.53. The van der Waals surface area contributed by atoms with Gasteiger partial charge in [0.15, 0.2) is 0 Å². The molecule has 1 aliphatic rings. The summed E-state index contributed by atoms with van der Waals surface area (Å²) in [4.78, 5) is 0. The third kappa shape index (κ3) is 2.95. The van der Waals surface area contributed by atoms with Gasteiger partial charge in [-0.2, -0.15) is 0 Å². The Hall–Kier alpha value is -0.820. The Kier molecular flexibility index (Phi) is 4.45. The van der Waals surface area contributed by atoms with Crippen molar-refractivity contribution >= 4 is 0 Å². The van der Waals surface area contributed by atoms with Gasteiger partial charge in [0, 0.05) is 6.04 Å². The Morgan fingerprint density at radius 1 is 1.17 bits per heavy atom. The van der Waals surface area contributed by atoms with Crippen molar-refractivity contribution in [2.45, 2.75) is 52.5 Å². The van der Waals surface area contributed by atoms with Gasteiger partial charge in [0.2, 0.25) is 0 Å². The Morgan fingerprint density at radius 3 is 2.44 bits per heavy atom. The second kappa shape index (κ2) is 5.88. The first-order valence-corrected chi connectivity index (χ1v) is 7.34. The molecule has 1 nitrogen and oxygen atoms in total. The fraction of sp³-hybridized carbons (Fsp3) is 0.647. The third-order valence-electron chi connectivity index (χ3n) is 4.73. The molecule has 0 amide bonds. The van der Waals surface area contributed by atoms with Crippen molar-refractivity contribution in [3.63, 3.8) is 0 Å². The largest absolute Gasteiger partial charge is 0.317 e. The highest BCUT2D eigenvalue weighted by molar-refractivity contribution is 5.34. The minimum absolute atomic E-state index is 0.709. The highest BCUT2D eigenvalue weighted by Gasteiger charge is 2.28. The van der Waals surface area contributed by atoms with Gasteiger partial charge in [-0.25, -0.2) is 0 Å². The van der Waals surface area contributed by atoms with Crippen molar-refractivity contribution < 1.29 is 0 Å². The Morgan fingerprint density at radius 2 is 1.83 bits per heavy atom. The molecule has 0 aromatic heterocycles. The zero-order valence-corrected chi connectivity index (χ0v) is 12.3. The molecule has 18 heavy (non-hydrogen) atoms. The predicted molar refractivity (Wildman–Crippen MR) is 79.0 cm³/mol. The molecule has 1 aromatic carbocycles. The molecule has 2 rings (SSSR count). The zero-order chi connectivity index (χ0) is 13.1. The van der Waals surface area contributed by atoms with Crippen LogP contribution in [0.15, 0.2) is 18.2 Å². The van der Waals surface area contributed by atoms with Crippen LogP contribution in [0, 0.1) is 25.7 Å². The lowest BCUT2D eigenvalue weighted by Gasteiger charge is -2.35. The van der Waals surface area contributed by atoms with E-state index >= 15 is 0 Å². The molecule has 0 radical (unpaired) electrons. The lowest BCUT2D eigenvalue weighted by Crippen LogP contribution is -2.39. The summed E-state index contributed by atoms with van der Waals surface area (Å²) in [5.74, 6) is 1.70. The minimum atomic E-state index is 0.709. The van der Waals surface area contributed by atoms with Gasteiger partial charge in [-0.1, -0.05) is 25.1 Å². The van der Waals surface area contributed by atoms with Crippen molar-refractivity contribution in [1.29, 1.82) is 0 Å². The SMILES string of the molecule is CNC1CCC(C)CC1Cc1c(C)cccc1C. The number of aryl methyl sites for hydroxylation is 2. The van der Waals surface area contributed by atoms with Crippen molar-refractivity contribution in [1.82, 2.24) is 5.32 Å². The number of benzene rings is 1. The van der Waals surface area contributed by atoms with Crippen LogP contribution < -0.4 is 5.32 Å². The summed E-state index contributed by atoms with van der Waals surface area (Å²) in [6, 6.07) is 7.39. The van der Waals surface area contributed by atoms with Crippen LogP contribution in [0.2, 0.25) is 0 Å². The van der Waals surface area contributed by atoms with E-state index in [1.54, 1.807) is 5.56 Å². The summed E-state index contributed by atoms with van der Waals surface area (Å²) >= 11 is 0. The average molecular weight is 245 g/mol. The molecule has 0 saturated heterocycles. The standard InChI is InChI=1S/C17H27N/c1-12-8-9-17(18-4)15(10-12)11-16-13(2)6-5-7-14(16)3/h5-7,12,15,17-18H,8-11H2,1-4H3. The smallest absolute Gasteiger partial charge is 0.00957 e. The van der Waals surface area contributed by atoms with E-state index in [-0.39, 0.29) is 0 Å². The van der Waals surface area contributed by atoms with E-state index in [4.69, 9.17) is 0 Å². The van der Waals surface area contributed by atoms with Gasteiger partial charge in [0.05, 0.1) is 0 Å². The minimum Gasteiger partial charge on any atom is -0.317 e. The molecule has 3 unspecified atom stereocenters. The summed E-state index contributed by atoms with van der Waals surface area (Å²) in [5.41, 5.74) is 4.50. The van der Waals surface area contributed by atoms with Gasteiger partial charge in [0.25, 0.3) is 0 Å². The maximum atomic E-state index is 3.53. The number of nitrogens with one attached hydrogen (secondary N) is 1. The Labute approximate surface area is 112 Å². The molecule has 1 aromatic rings.